The smallest absolute Gasteiger partial charge is 0.353 e. The number of anilines is 1. The molecule has 1 aromatic heterocycles. The number of nitrogens with zero attached hydrogens (tertiary/aromatic N) is 3. The minimum Gasteiger partial charge on any atom is -0.353 e. The molecule has 1 saturated heterocycles. The molecule has 34 heavy (non-hydrogen) atoms. The lowest BCUT2D eigenvalue weighted by Gasteiger charge is -2.31. The van der Waals surface area contributed by atoms with Crippen molar-refractivity contribution in [3.63, 3.8) is 0 Å². The first kappa shape index (κ1) is 24.3. The number of hydrogen-bond acceptors (Lipinski definition) is 6. The van der Waals surface area contributed by atoms with E-state index in [1.165, 1.54) is 36.4 Å². The van der Waals surface area contributed by atoms with Gasteiger partial charge in [-0.05, 0) is 53.7 Å². The molecule has 7 nitrogen and oxygen atoms in total. The highest BCUT2D eigenvalue weighted by atomic mass is 35.5. The lowest BCUT2D eigenvalue weighted by Crippen LogP contribution is -2.44. The molecule has 0 bridgehead atoms. The maximum Gasteiger partial charge on any atom is 0.451 e. The second-order valence-electron chi connectivity index (χ2n) is 7.44. The van der Waals surface area contributed by atoms with Crippen LogP contribution < -0.4 is 14.5 Å². The summed E-state index contributed by atoms with van der Waals surface area (Å²) in [5.41, 5.74) is 0.552. The molecule has 0 saturated carbocycles. The van der Waals surface area contributed by atoms with Gasteiger partial charge in [0.2, 0.25) is 5.82 Å². The molecule has 0 amide bonds. The van der Waals surface area contributed by atoms with Gasteiger partial charge in [0.05, 0.1) is 16.2 Å². The summed E-state index contributed by atoms with van der Waals surface area (Å²) in [6.45, 7) is 1.76. The molecule has 13 heteroatoms. The number of piperazine rings is 1. The fourth-order valence-corrected chi connectivity index (χ4v) is 4.52. The Labute approximate surface area is 198 Å². The number of nitrogens with one attached hydrogen (secondary N) is 2. The molecule has 0 aliphatic carbocycles. The lowest BCUT2D eigenvalue weighted by atomic mass is 9.98. The van der Waals surface area contributed by atoms with Crippen LogP contribution in [-0.2, 0) is 16.2 Å². The maximum absolute atomic E-state index is 13.8. The van der Waals surface area contributed by atoms with Crippen LogP contribution in [-0.4, -0.2) is 44.6 Å². The van der Waals surface area contributed by atoms with Crippen molar-refractivity contribution in [3.8, 4) is 22.4 Å². The van der Waals surface area contributed by atoms with Crippen LogP contribution in [0.3, 0.4) is 0 Å². The summed E-state index contributed by atoms with van der Waals surface area (Å²) < 4.78 is 81.1. The zero-order valence-electron chi connectivity index (χ0n) is 17.4. The van der Waals surface area contributed by atoms with Gasteiger partial charge in [0.1, 0.15) is 11.6 Å². The summed E-state index contributed by atoms with van der Waals surface area (Å²) >= 11 is 5.35. The summed E-state index contributed by atoms with van der Waals surface area (Å²) in [6, 6.07) is 10.4. The molecule has 2 aromatic carbocycles. The molecule has 1 aliphatic heterocycles. The van der Waals surface area contributed by atoms with E-state index in [-0.39, 0.29) is 33.1 Å². The molecule has 2 heterocycles. The largest absolute Gasteiger partial charge is 0.451 e. The lowest BCUT2D eigenvalue weighted by molar-refractivity contribution is -0.144. The maximum atomic E-state index is 13.8. The number of halogens is 5. The number of aromatic nitrogens is 2. The summed E-state index contributed by atoms with van der Waals surface area (Å²) in [6.07, 6.45) is -4.84. The van der Waals surface area contributed by atoms with Gasteiger partial charge in [-0.15, -0.1) is 4.24 Å². The van der Waals surface area contributed by atoms with E-state index in [0.717, 1.165) is 12.1 Å². The highest BCUT2D eigenvalue weighted by Crippen LogP contribution is 2.41. The predicted molar refractivity (Wildman–Crippen MR) is 119 cm³/mol. The molecule has 3 aromatic rings. The Morgan fingerprint density at radius 1 is 1.00 bits per heavy atom. The highest BCUT2D eigenvalue weighted by molar-refractivity contribution is 7.90. The SMILES string of the molecule is O=S(=O)(NCl)c1cccc(-c2c(-c3ccc(F)cc3)nc(C(F)(F)F)nc2N2CCNCC2)c1. The number of rotatable bonds is 5. The molecule has 0 radical (unpaired) electrons. The van der Waals surface area contributed by atoms with Gasteiger partial charge in [0, 0.05) is 31.7 Å². The van der Waals surface area contributed by atoms with E-state index in [9.17, 15) is 26.0 Å². The number of alkyl halides is 3. The van der Waals surface area contributed by atoms with Gasteiger partial charge >= 0.3 is 6.18 Å². The predicted octanol–water partition coefficient (Wildman–Crippen LogP) is 3.81. The van der Waals surface area contributed by atoms with E-state index in [2.05, 4.69) is 15.3 Å². The second-order valence-corrected chi connectivity index (χ2v) is 9.54. The number of sulfonamides is 1. The van der Waals surface area contributed by atoms with Crippen LogP contribution in [0.4, 0.5) is 23.4 Å². The summed E-state index contributed by atoms with van der Waals surface area (Å²) in [7, 11) is -4.06. The molecular weight excluding hydrogens is 498 g/mol. The highest BCUT2D eigenvalue weighted by Gasteiger charge is 2.37. The Hall–Kier alpha value is -2.80. The van der Waals surface area contributed by atoms with Crippen molar-refractivity contribution in [3.05, 3.63) is 60.2 Å². The van der Waals surface area contributed by atoms with Crippen LogP contribution in [0.1, 0.15) is 5.82 Å². The third-order valence-electron chi connectivity index (χ3n) is 5.21. The molecule has 1 fully saturated rings. The zero-order valence-corrected chi connectivity index (χ0v) is 19.0. The van der Waals surface area contributed by atoms with Crippen molar-refractivity contribution >= 4 is 27.6 Å². The monoisotopic (exact) mass is 515 g/mol. The van der Waals surface area contributed by atoms with E-state index in [1.807, 2.05) is 0 Å². The molecule has 0 unspecified atom stereocenters. The van der Waals surface area contributed by atoms with E-state index < -0.39 is 27.8 Å². The molecule has 180 valence electrons. The van der Waals surface area contributed by atoms with Gasteiger partial charge in [0.25, 0.3) is 10.0 Å². The van der Waals surface area contributed by atoms with Crippen molar-refractivity contribution < 1.29 is 26.0 Å². The van der Waals surface area contributed by atoms with Gasteiger partial charge in [-0.25, -0.2) is 22.8 Å². The average molecular weight is 516 g/mol. The Bertz CT molecular complexity index is 1300. The number of benzene rings is 2. The van der Waals surface area contributed by atoms with Crippen LogP contribution >= 0.6 is 11.8 Å². The van der Waals surface area contributed by atoms with Crippen molar-refractivity contribution in [1.82, 2.24) is 19.5 Å². The molecule has 4 rings (SSSR count). The van der Waals surface area contributed by atoms with Gasteiger partial charge < -0.3 is 10.2 Å². The van der Waals surface area contributed by atoms with Crippen LogP contribution in [0.5, 0.6) is 0 Å². The average Bonchev–Trinajstić information content (AvgIpc) is 2.84. The minimum absolute atomic E-state index is 0.00321. The third-order valence-corrected chi connectivity index (χ3v) is 6.90. The van der Waals surface area contributed by atoms with Gasteiger partial charge in [-0.3, -0.25) is 0 Å². The number of hydrogen-bond donors (Lipinski definition) is 2. The standard InChI is InChI=1S/C21H18ClF4N5O2S/c22-30-34(32,33)16-3-1-2-14(12-16)17-18(13-4-6-15(23)7-5-13)28-20(21(24,25)26)29-19(17)31-10-8-27-9-11-31/h1-7,12,27,30H,8-11H2. The topological polar surface area (TPSA) is 87.2 Å². The third kappa shape index (κ3) is 4.99. The van der Waals surface area contributed by atoms with E-state index >= 15 is 0 Å². The normalized spacial score (nSPS) is 14.9. The molecule has 0 atom stereocenters. The molecular formula is C21H18ClF4N5O2S. The Kier molecular flexibility index (Phi) is 6.76. The molecule has 0 spiro atoms. The van der Waals surface area contributed by atoms with E-state index in [4.69, 9.17) is 11.8 Å². The first-order valence-corrected chi connectivity index (χ1v) is 11.9. The quantitative estimate of drug-likeness (QED) is 0.397. The van der Waals surface area contributed by atoms with Crippen LogP contribution in [0.15, 0.2) is 53.4 Å². The molecule has 1 aliphatic rings. The fraction of sp³-hybridized carbons (Fsp3) is 0.238. The van der Waals surface area contributed by atoms with Gasteiger partial charge in [0.15, 0.2) is 0 Å². The van der Waals surface area contributed by atoms with Crippen LogP contribution in [0.25, 0.3) is 22.4 Å². The van der Waals surface area contributed by atoms with Gasteiger partial charge in [-0.2, -0.15) is 13.2 Å². The zero-order chi connectivity index (χ0) is 24.5. The Balaban J connectivity index is 2.05. The first-order valence-electron chi connectivity index (χ1n) is 10.0. The van der Waals surface area contributed by atoms with Gasteiger partial charge in [-0.1, -0.05) is 12.1 Å². The second kappa shape index (κ2) is 9.45. The Morgan fingerprint density at radius 2 is 1.68 bits per heavy atom. The van der Waals surface area contributed by atoms with Crippen molar-refractivity contribution in [1.29, 1.82) is 0 Å². The Morgan fingerprint density at radius 3 is 2.29 bits per heavy atom. The van der Waals surface area contributed by atoms with Crippen LogP contribution in [0, 0.1) is 5.82 Å². The van der Waals surface area contributed by atoms with Crippen LogP contribution in [0.2, 0.25) is 0 Å². The summed E-state index contributed by atoms with van der Waals surface area (Å²) in [5, 5.41) is 3.13. The van der Waals surface area contributed by atoms with E-state index in [0.29, 0.717) is 26.2 Å². The summed E-state index contributed by atoms with van der Waals surface area (Å²) in [4.78, 5) is 9.13. The van der Waals surface area contributed by atoms with E-state index in [1.54, 1.807) is 9.14 Å². The van der Waals surface area contributed by atoms with Crippen molar-refractivity contribution in [2.45, 2.75) is 11.1 Å². The fourth-order valence-electron chi connectivity index (χ4n) is 3.63. The minimum atomic E-state index is -4.84. The summed E-state index contributed by atoms with van der Waals surface area (Å²) in [5.74, 6) is -1.93. The van der Waals surface area contributed by atoms with Crippen molar-refractivity contribution in [2.75, 3.05) is 31.1 Å². The first-order chi connectivity index (χ1) is 16.1. The van der Waals surface area contributed by atoms with Crippen molar-refractivity contribution in [2.24, 2.45) is 0 Å². The molecule has 2 N–H and O–H groups in total.